The molecule has 1 fully saturated rings. The predicted molar refractivity (Wildman–Crippen MR) is 59.6 cm³/mol. The minimum absolute atomic E-state index is 0.0757. The number of carbonyl (C=O) groups excluding carboxylic acids is 1. The Balaban J connectivity index is 2.27. The monoisotopic (exact) mass is 256 g/mol. The van der Waals surface area contributed by atoms with Gasteiger partial charge in [0.25, 0.3) is 0 Å². The molecule has 0 saturated heterocycles. The molecule has 90 valence electrons. The van der Waals surface area contributed by atoms with Crippen molar-refractivity contribution in [3.05, 3.63) is 34.6 Å². The summed E-state index contributed by atoms with van der Waals surface area (Å²) in [5.41, 5.74) is 0.162. The van der Waals surface area contributed by atoms with Crippen molar-refractivity contribution in [3.8, 4) is 0 Å². The van der Waals surface area contributed by atoms with Gasteiger partial charge in [-0.15, -0.1) is 0 Å². The van der Waals surface area contributed by atoms with Crippen molar-refractivity contribution in [1.82, 2.24) is 0 Å². The van der Waals surface area contributed by atoms with Crippen molar-refractivity contribution >= 4 is 23.4 Å². The van der Waals surface area contributed by atoms with Gasteiger partial charge in [-0.25, -0.2) is 9.18 Å². The van der Waals surface area contributed by atoms with E-state index in [9.17, 15) is 14.0 Å². The highest BCUT2D eigenvalue weighted by Gasteiger charge is 2.47. The van der Waals surface area contributed by atoms with Gasteiger partial charge in [-0.1, -0.05) is 17.7 Å². The predicted octanol–water partition coefficient (Wildman–Crippen LogP) is 2.55. The van der Waals surface area contributed by atoms with E-state index in [2.05, 4.69) is 0 Å². The first kappa shape index (κ1) is 12.0. The van der Waals surface area contributed by atoms with Crippen LogP contribution in [0.5, 0.6) is 0 Å². The van der Waals surface area contributed by atoms with Gasteiger partial charge in [0, 0.05) is 16.9 Å². The molecule has 1 aliphatic rings. The molecule has 0 spiro atoms. The van der Waals surface area contributed by atoms with Crippen molar-refractivity contribution < 1.29 is 19.1 Å². The smallest absolute Gasteiger partial charge is 0.372 e. The first-order valence-electron chi connectivity index (χ1n) is 5.16. The van der Waals surface area contributed by atoms with Crippen LogP contribution in [-0.2, 0) is 15.0 Å². The zero-order valence-corrected chi connectivity index (χ0v) is 9.63. The summed E-state index contributed by atoms with van der Waals surface area (Å²) in [4.78, 5) is 21.8. The SMILES string of the molecule is O=C(O)C(=O)CC1(c2ccc(F)cc2Cl)CC1. The lowest BCUT2D eigenvalue weighted by Gasteiger charge is -2.15. The number of carboxylic acid groups (broad SMARTS) is 1. The Labute approximate surface area is 102 Å². The maximum absolute atomic E-state index is 12.9. The number of carbonyl (C=O) groups is 2. The number of hydrogen-bond acceptors (Lipinski definition) is 2. The normalized spacial score (nSPS) is 16.6. The molecule has 1 saturated carbocycles. The number of ketones is 1. The van der Waals surface area contributed by atoms with E-state index >= 15 is 0 Å². The largest absolute Gasteiger partial charge is 0.476 e. The highest BCUT2D eigenvalue weighted by molar-refractivity contribution is 6.33. The van der Waals surface area contributed by atoms with Crippen molar-refractivity contribution in [2.24, 2.45) is 0 Å². The summed E-state index contributed by atoms with van der Waals surface area (Å²) < 4.78 is 12.9. The maximum Gasteiger partial charge on any atom is 0.372 e. The lowest BCUT2D eigenvalue weighted by atomic mass is 9.90. The van der Waals surface area contributed by atoms with E-state index < -0.39 is 23.0 Å². The molecule has 1 aliphatic carbocycles. The number of hydrogen-bond donors (Lipinski definition) is 1. The van der Waals surface area contributed by atoms with Gasteiger partial charge < -0.3 is 5.11 Å². The quantitative estimate of drug-likeness (QED) is 0.843. The van der Waals surface area contributed by atoms with Crippen LogP contribution < -0.4 is 0 Å². The highest BCUT2D eigenvalue weighted by atomic mass is 35.5. The van der Waals surface area contributed by atoms with Gasteiger partial charge in [-0.3, -0.25) is 4.79 Å². The lowest BCUT2D eigenvalue weighted by molar-refractivity contribution is -0.149. The van der Waals surface area contributed by atoms with Crippen LogP contribution in [-0.4, -0.2) is 16.9 Å². The van der Waals surface area contributed by atoms with Crippen LogP contribution in [0.1, 0.15) is 24.8 Å². The molecule has 0 aliphatic heterocycles. The van der Waals surface area contributed by atoms with Crippen LogP contribution >= 0.6 is 11.6 Å². The molecule has 0 atom stereocenters. The Kier molecular flexibility index (Phi) is 2.91. The number of Topliss-reactive ketones (excluding diaryl/α,β-unsaturated/α-hetero) is 1. The first-order chi connectivity index (χ1) is 7.94. The summed E-state index contributed by atoms with van der Waals surface area (Å²) in [6, 6.07) is 3.98. The molecule has 17 heavy (non-hydrogen) atoms. The molecule has 0 bridgehead atoms. The zero-order valence-electron chi connectivity index (χ0n) is 8.87. The Hall–Kier alpha value is -1.42. The summed E-state index contributed by atoms with van der Waals surface area (Å²) in [7, 11) is 0. The molecule has 1 aromatic carbocycles. The van der Waals surface area contributed by atoms with Gasteiger partial charge in [0.15, 0.2) is 0 Å². The summed E-state index contributed by atoms with van der Waals surface area (Å²) >= 11 is 5.92. The zero-order chi connectivity index (χ0) is 12.6. The average Bonchev–Trinajstić information content (AvgIpc) is 2.98. The molecule has 3 nitrogen and oxygen atoms in total. The number of benzene rings is 1. The number of halogens is 2. The molecule has 0 aromatic heterocycles. The van der Waals surface area contributed by atoms with E-state index in [1.165, 1.54) is 18.2 Å². The van der Waals surface area contributed by atoms with Crippen molar-refractivity contribution in [3.63, 3.8) is 0 Å². The van der Waals surface area contributed by atoms with Gasteiger partial charge in [0.2, 0.25) is 5.78 Å². The van der Waals surface area contributed by atoms with E-state index in [-0.39, 0.29) is 11.4 Å². The molecule has 2 rings (SSSR count). The van der Waals surface area contributed by atoms with E-state index in [1.807, 2.05) is 0 Å². The standard InChI is InChI=1S/C12H10ClFO3/c13-9-5-7(14)1-2-8(9)12(3-4-12)6-10(15)11(16)17/h1-2,5H,3-4,6H2,(H,16,17). The third-order valence-corrected chi connectivity index (χ3v) is 3.41. The van der Waals surface area contributed by atoms with Crippen molar-refractivity contribution in [2.45, 2.75) is 24.7 Å². The van der Waals surface area contributed by atoms with E-state index in [4.69, 9.17) is 16.7 Å². The molecule has 0 heterocycles. The van der Waals surface area contributed by atoms with Gasteiger partial charge in [-0.2, -0.15) is 0 Å². The van der Waals surface area contributed by atoms with Gasteiger partial charge in [-0.05, 0) is 30.5 Å². The Bertz CT molecular complexity index is 495. The van der Waals surface area contributed by atoms with Gasteiger partial charge >= 0.3 is 5.97 Å². The minimum Gasteiger partial charge on any atom is -0.476 e. The van der Waals surface area contributed by atoms with Crippen LogP contribution in [0.25, 0.3) is 0 Å². The molecular formula is C12H10ClFO3. The number of carboxylic acids is 1. The fraction of sp³-hybridized carbons (Fsp3) is 0.333. The van der Waals surface area contributed by atoms with Crippen molar-refractivity contribution in [1.29, 1.82) is 0 Å². The van der Waals surface area contributed by atoms with E-state index in [1.54, 1.807) is 0 Å². The molecular weight excluding hydrogens is 247 g/mol. The fourth-order valence-electron chi connectivity index (χ4n) is 1.99. The molecule has 5 heteroatoms. The summed E-state index contributed by atoms with van der Waals surface area (Å²) in [6.07, 6.45) is 1.34. The first-order valence-corrected chi connectivity index (χ1v) is 5.54. The Morgan fingerprint density at radius 3 is 2.53 bits per heavy atom. The number of rotatable bonds is 4. The van der Waals surface area contributed by atoms with E-state index in [0.29, 0.717) is 18.4 Å². The molecule has 1 N–H and O–H groups in total. The van der Waals surface area contributed by atoms with Crippen LogP contribution in [0, 0.1) is 5.82 Å². The Morgan fingerprint density at radius 2 is 2.06 bits per heavy atom. The minimum atomic E-state index is -1.44. The molecule has 0 radical (unpaired) electrons. The highest BCUT2D eigenvalue weighted by Crippen LogP contribution is 2.53. The number of aliphatic carboxylic acids is 1. The molecule has 1 aromatic rings. The summed E-state index contributed by atoms with van der Waals surface area (Å²) in [6.45, 7) is 0. The second-order valence-corrected chi connectivity index (χ2v) is 4.72. The van der Waals surface area contributed by atoms with Gasteiger partial charge in [0.1, 0.15) is 5.82 Å². The topological polar surface area (TPSA) is 54.4 Å². The second-order valence-electron chi connectivity index (χ2n) is 4.31. The lowest BCUT2D eigenvalue weighted by Crippen LogP contribution is -2.20. The fourth-order valence-corrected chi connectivity index (χ4v) is 2.36. The summed E-state index contributed by atoms with van der Waals surface area (Å²) in [5.74, 6) is -2.71. The average molecular weight is 257 g/mol. The molecule has 0 unspecified atom stereocenters. The van der Waals surface area contributed by atoms with Crippen LogP contribution in [0.15, 0.2) is 18.2 Å². The summed E-state index contributed by atoms with van der Waals surface area (Å²) in [5, 5.41) is 8.84. The molecule has 0 amide bonds. The van der Waals surface area contributed by atoms with E-state index in [0.717, 1.165) is 0 Å². The van der Waals surface area contributed by atoms with Crippen molar-refractivity contribution in [2.75, 3.05) is 0 Å². The third kappa shape index (κ3) is 2.31. The van der Waals surface area contributed by atoms with Crippen LogP contribution in [0.4, 0.5) is 4.39 Å². The Morgan fingerprint density at radius 1 is 1.41 bits per heavy atom. The maximum atomic E-state index is 12.9. The van der Waals surface area contributed by atoms with Crippen LogP contribution in [0.3, 0.4) is 0 Å². The van der Waals surface area contributed by atoms with Crippen LogP contribution in [0.2, 0.25) is 5.02 Å². The third-order valence-electron chi connectivity index (χ3n) is 3.09. The second kappa shape index (κ2) is 4.11. The van der Waals surface area contributed by atoms with Gasteiger partial charge in [0.05, 0.1) is 0 Å².